The Morgan fingerprint density at radius 3 is 2.70 bits per heavy atom. The zero-order valence-corrected chi connectivity index (χ0v) is 13.0. The second-order valence-corrected chi connectivity index (χ2v) is 5.26. The van der Waals surface area contributed by atoms with E-state index in [0.717, 1.165) is 11.4 Å². The fourth-order valence-corrected chi connectivity index (χ4v) is 2.23. The van der Waals surface area contributed by atoms with Crippen LogP contribution in [0.15, 0.2) is 61.2 Å². The monoisotopic (exact) mass is 307 g/mol. The predicted molar refractivity (Wildman–Crippen MR) is 90.1 cm³/mol. The lowest BCUT2D eigenvalue weighted by molar-refractivity contribution is 0.102. The third-order valence-corrected chi connectivity index (χ3v) is 3.44. The van der Waals surface area contributed by atoms with Crippen LogP contribution in [-0.4, -0.2) is 34.8 Å². The quantitative estimate of drug-likeness (QED) is 0.804. The molecular weight excluding hydrogens is 290 g/mol. The third kappa shape index (κ3) is 3.21. The SMILES string of the molecule is CN(C)c1cccc(C(=O)Nc2ccccc2-n2cncn2)c1. The maximum atomic E-state index is 12.5. The molecule has 3 aromatic rings. The first kappa shape index (κ1) is 14.8. The number of benzene rings is 2. The molecule has 1 aromatic heterocycles. The molecule has 0 spiro atoms. The third-order valence-electron chi connectivity index (χ3n) is 3.44. The summed E-state index contributed by atoms with van der Waals surface area (Å²) in [5.74, 6) is -0.165. The van der Waals surface area contributed by atoms with Crippen LogP contribution in [0.3, 0.4) is 0 Å². The zero-order chi connectivity index (χ0) is 16.2. The number of aromatic nitrogens is 3. The molecule has 6 heteroatoms. The van der Waals surface area contributed by atoms with Gasteiger partial charge in [-0.2, -0.15) is 5.10 Å². The van der Waals surface area contributed by atoms with Gasteiger partial charge in [-0.05, 0) is 30.3 Å². The van der Waals surface area contributed by atoms with Crippen molar-refractivity contribution in [1.29, 1.82) is 0 Å². The summed E-state index contributed by atoms with van der Waals surface area (Å²) in [6.07, 6.45) is 3.05. The number of carbonyl (C=O) groups is 1. The molecule has 0 unspecified atom stereocenters. The second-order valence-electron chi connectivity index (χ2n) is 5.26. The summed E-state index contributed by atoms with van der Waals surface area (Å²) >= 11 is 0. The highest BCUT2D eigenvalue weighted by molar-refractivity contribution is 6.05. The number of rotatable bonds is 4. The molecule has 0 aliphatic carbocycles. The summed E-state index contributed by atoms with van der Waals surface area (Å²) in [6.45, 7) is 0. The van der Waals surface area contributed by atoms with Gasteiger partial charge in [0.15, 0.2) is 0 Å². The minimum Gasteiger partial charge on any atom is -0.378 e. The smallest absolute Gasteiger partial charge is 0.255 e. The van der Waals surface area contributed by atoms with Crippen LogP contribution in [0.2, 0.25) is 0 Å². The molecule has 0 saturated heterocycles. The Balaban J connectivity index is 1.88. The first-order valence-corrected chi connectivity index (χ1v) is 7.18. The average Bonchev–Trinajstić information content (AvgIpc) is 3.09. The Hall–Kier alpha value is -3.15. The fraction of sp³-hybridized carbons (Fsp3) is 0.118. The minimum atomic E-state index is -0.165. The maximum Gasteiger partial charge on any atom is 0.255 e. The van der Waals surface area contributed by atoms with Gasteiger partial charge < -0.3 is 10.2 Å². The normalized spacial score (nSPS) is 10.3. The van der Waals surface area contributed by atoms with Gasteiger partial charge in [0.1, 0.15) is 12.7 Å². The van der Waals surface area contributed by atoms with Gasteiger partial charge in [-0.3, -0.25) is 4.79 Å². The summed E-state index contributed by atoms with van der Waals surface area (Å²) in [5.41, 5.74) is 3.02. The van der Waals surface area contributed by atoms with E-state index in [9.17, 15) is 4.79 Å². The van der Waals surface area contributed by atoms with Crippen LogP contribution in [0, 0.1) is 0 Å². The Morgan fingerprint density at radius 2 is 1.96 bits per heavy atom. The molecule has 116 valence electrons. The van der Waals surface area contributed by atoms with Gasteiger partial charge in [0.2, 0.25) is 0 Å². The van der Waals surface area contributed by atoms with E-state index >= 15 is 0 Å². The van der Waals surface area contributed by atoms with Crippen molar-refractivity contribution in [1.82, 2.24) is 14.8 Å². The molecule has 1 heterocycles. The van der Waals surface area contributed by atoms with Crippen molar-refractivity contribution < 1.29 is 4.79 Å². The summed E-state index contributed by atoms with van der Waals surface area (Å²) in [5, 5.41) is 7.05. The number of nitrogens with zero attached hydrogens (tertiary/aromatic N) is 4. The van der Waals surface area contributed by atoms with Crippen LogP contribution in [0.4, 0.5) is 11.4 Å². The molecule has 1 amide bonds. The summed E-state index contributed by atoms with van der Waals surface area (Å²) in [4.78, 5) is 18.4. The zero-order valence-electron chi connectivity index (χ0n) is 13.0. The molecule has 0 atom stereocenters. The molecule has 0 aliphatic heterocycles. The number of nitrogens with one attached hydrogen (secondary N) is 1. The van der Waals surface area contributed by atoms with Crippen molar-refractivity contribution in [2.75, 3.05) is 24.3 Å². The Labute approximate surface area is 134 Å². The van der Waals surface area contributed by atoms with Crippen molar-refractivity contribution >= 4 is 17.3 Å². The average molecular weight is 307 g/mol. The Bertz CT molecular complexity index is 811. The van der Waals surface area contributed by atoms with E-state index in [1.165, 1.54) is 6.33 Å². The highest BCUT2D eigenvalue weighted by Crippen LogP contribution is 2.20. The first-order valence-electron chi connectivity index (χ1n) is 7.18. The molecule has 0 fully saturated rings. The van der Waals surface area contributed by atoms with Crippen LogP contribution in [0.1, 0.15) is 10.4 Å². The largest absolute Gasteiger partial charge is 0.378 e. The molecule has 23 heavy (non-hydrogen) atoms. The van der Waals surface area contributed by atoms with Crippen molar-refractivity contribution in [2.45, 2.75) is 0 Å². The van der Waals surface area contributed by atoms with E-state index < -0.39 is 0 Å². The molecule has 0 saturated carbocycles. The lowest BCUT2D eigenvalue weighted by Gasteiger charge is -2.14. The van der Waals surface area contributed by atoms with E-state index in [0.29, 0.717) is 11.3 Å². The van der Waals surface area contributed by atoms with E-state index in [1.807, 2.05) is 61.5 Å². The molecule has 1 N–H and O–H groups in total. The fourth-order valence-electron chi connectivity index (χ4n) is 2.23. The van der Waals surface area contributed by atoms with Crippen molar-refractivity contribution in [3.8, 4) is 5.69 Å². The van der Waals surface area contributed by atoms with E-state index in [2.05, 4.69) is 15.4 Å². The van der Waals surface area contributed by atoms with Crippen LogP contribution in [0.25, 0.3) is 5.69 Å². The van der Waals surface area contributed by atoms with Gasteiger partial charge in [0.05, 0.1) is 11.4 Å². The molecule has 0 radical (unpaired) electrons. The lowest BCUT2D eigenvalue weighted by Crippen LogP contribution is -2.15. The summed E-state index contributed by atoms with van der Waals surface area (Å²) < 4.78 is 1.62. The molecule has 3 rings (SSSR count). The number of para-hydroxylation sites is 2. The first-order chi connectivity index (χ1) is 11.1. The summed E-state index contributed by atoms with van der Waals surface area (Å²) in [7, 11) is 3.88. The van der Waals surface area contributed by atoms with E-state index in [-0.39, 0.29) is 5.91 Å². The lowest BCUT2D eigenvalue weighted by atomic mass is 10.1. The molecule has 6 nitrogen and oxygen atoms in total. The van der Waals surface area contributed by atoms with Gasteiger partial charge in [0, 0.05) is 25.3 Å². The number of amides is 1. The molecule has 2 aromatic carbocycles. The number of carbonyl (C=O) groups excluding carboxylic acids is 1. The highest BCUT2D eigenvalue weighted by atomic mass is 16.1. The standard InChI is InChI=1S/C17H17N5O/c1-21(2)14-7-5-6-13(10-14)17(23)20-15-8-3-4-9-16(15)22-12-18-11-19-22/h3-12H,1-2H3,(H,20,23). The van der Waals surface area contributed by atoms with Crippen molar-refractivity contribution in [2.24, 2.45) is 0 Å². The number of anilines is 2. The van der Waals surface area contributed by atoms with Gasteiger partial charge in [-0.1, -0.05) is 18.2 Å². The number of hydrogen-bond donors (Lipinski definition) is 1. The minimum absolute atomic E-state index is 0.165. The maximum absolute atomic E-state index is 12.5. The molecule has 0 aliphatic rings. The number of hydrogen-bond acceptors (Lipinski definition) is 4. The Morgan fingerprint density at radius 1 is 1.13 bits per heavy atom. The van der Waals surface area contributed by atoms with Crippen LogP contribution in [0.5, 0.6) is 0 Å². The van der Waals surface area contributed by atoms with Gasteiger partial charge in [-0.15, -0.1) is 0 Å². The van der Waals surface area contributed by atoms with Crippen molar-refractivity contribution in [3.05, 3.63) is 66.7 Å². The highest BCUT2D eigenvalue weighted by Gasteiger charge is 2.11. The Kier molecular flexibility index (Phi) is 4.05. The van der Waals surface area contributed by atoms with Crippen LogP contribution in [-0.2, 0) is 0 Å². The topological polar surface area (TPSA) is 63.1 Å². The van der Waals surface area contributed by atoms with Gasteiger partial charge in [0.25, 0.3) is 5.91 Å². The van der Waals surface area contributed by atoms with Crippen molar-refractivity contribution in [3.63, 3.8) is 0 Å². The molecule has 0 bridgehead atoms. The van der Waals surface area contributed by atoms with E-state index in [1.54, 1.807) is 17.1 Å². The second kappa shape index (κ2) is 6.31. The predicted octanol–water partition coefficient (Wildman–Crippen LogP) is 2.59. The summed E-state index contributed by atoms with van der Waals surface area (Å²) in [6, 6.07) is 14.9. The van der Waals surface area contributed by atoms with Gasteiger partial charge in [-0.25, -0.2) is 9.67 Å². The van der Waals surface area contributed by atoms with E-state index in [4.69, 9.17) is 0 Å². The van der Waals surface area contributed by atoms with Gasteiger partial charge >= 0.3 is 0 Å². The van der Waals surface area contributed by atoms with Crippen LogP contribution < -0.4 is 10.2 Å². The van der Waals surface area contributed by atoms with Crippen LogP contribution >= 0.6 is 0 Å². The molecular formula is C17H17N5O.